The molecule has 0 heterocycles. The zero-order valence-electron chi connectivity index (χ0n) is 15.8. The lowest BCUT2D eigenvalue weighted by Gasteiger charge is -2.19. The minimum atomic E-state index is -0.285. The average molecular weight is 392 g/mol. The maximum atomic E-state index is 12.7. The first-order valence-electron chi connectivity index (χ1n) is 9.52. The molecular weight excluding hydrogens is 370 g/mol. The Morgan fingerprint density at radius 1 is 0.964 bits per heavy atom. The number of anilines is 1. The summed E-state index contributed by atoms with van der Waals surface area (Å²) in [4.78, 5) is 12.7. The number of ether oxygens (including phenoxy) is 1. The van der Waals surface area contributed by atoms with Crippen LogP contribution in [0.25, 0.3) is 11.1 Å². The Balaban J connectivity index is 1.58. The average Bonchev–Trinajstić information content (AvgIpc) is 2.73. The highest BCUT2D eigenvalue weighted by Gasteiger charge is 2.17. The van der Waals surface area contributed by atoms with Gasteiger partial charge in [-0.2, -0.15) is 0 Å². The molecular formula is C24H22ClNO2. The van der Waals surface area contributed by atoms with Crippen LogP contribution in [0.3, 0.4) is 0 Å². The summed E-state index contributed by atoms with van der Waals surface area (Å²) in [6.07, 6.45) is 4.82. The van der Waals surface area contributed by atoms with Gasteiger partial charge < -0.3 is 10.1 Å². The molecule has 0 unspecified atom stereocenters. The SMILES string of the molecule is COc1cccc(Cl)c1C(=O)Nc1ccc(-c2cccc3c2CCCC3)cc1. The molecule has 0 saturated heterocycles. The highest BCUT2D eigenvalue weighted by molar-refractivity contribution is 6.35. The van der Waals surface area contributed by atoms with Crippen molar-refractivity contribution in [3.8, 4) is 16.9 Å². The first-order chi connectivity index (χ1) is 13.7. The molecule has 3 aromatic rings. The van der Waals surface area contributed by atoms with Crippen LogP contribution in [-0.2, 0) is 12.8 Å². The molecule has 1 aliphatic rings. The van der Waals surface area contributed by atoms with E-state index < -0.39 is 0 Å². The molecule has 3 aromatic carbocycles. The van der Waals surface area contributed by atoms with Crippen molar-refractivity contribution in [3.63, 3.8) is 0 Å². The third-order valence-electron chi connectivity index (χ3n) is 5.27. The van der Waals surface area contributed by atoms with Crippen LogP contribution in [0.4, 0.5) is 5.69 Å². The van der Waals surface area contributed by atoms with Crippen LogP contribution >= 0.6 is 11.6 Å². The van der Waals surface area contributed by atoms with Crippen molar-refractivity contribution in [3.05, 3.63) is 82.4 Å². The number of rotatable bonds is 4. The second-order valence-electron chi connectivity index (χ2n) is 7.00. The second kappa shape index (κ2) is 8.07. The standard InChI is InChI=1S/C24H22ClNO2/c1-28-22-11-5-10-21(25)23(22)24(27)26-18-14-12-17(13-15-18)20-9-4-7-16-6-2-3-8-19(16)20/h4-5,7,9-15H,2-3,6,8H2,1H3,(H,26,27). The molecule has 1 amide bonds. The topological polar surface area (TPSA) is 38.3 Å². The van der Waals surface area contributed by atoms with Crippen molar-refractivity contribution in [1.82, 2.24) is 0 Å². The van der Waals surface area contributed by atoms with Crippen molar-refractivity contribution in [1.29, 1.82) is 0 Å². The summed E-state index contributed by atoms with van der Waals surface area (Å²) in [7, 11) is 1.53. The van der Waals surface area contributed by atoms with E-state index in [1.165, 1.54) is 42.2 Å². The number of benzene rings is 3. The van der Waals surface area contributed by atoms with Gasteiger partial charge >= 0.3 is 0 Å². The summed E-state index contributed by atoms with van der Waals surface area (Å²) in [5.74, 6) is 0.171. The lowest BCUT2D eigenvalue weighted by Crippen LogP contribution is -2.13. The largest absolute Gasteiger partial charge is 0.496 e. The number of hydrogen-bond acceptors (Lipinski definition) is 2. The molecule has 28 heavy (non-hydrogen) atoms. The number of fused-ring (bicyclic) bond motifs is 1. The Morgan fingerprint density at radius 3 is 2.50 bits per heavy atom. The maximum Gasteiger partial charge on any atom is 0.260 e. The number of carbonyl (C=O) groups excluding carboxylic acids is 1. The molecule has 0 atom stereocenters. The first kappa shape index (κ1) is 18.6. The number of carbonyl (C=O) groups is 1. The Kier molecular flexibility index (Phi) is 5.36. The van der Waals surface area contributed by atoms with Gasteiger partial charge in [-0.15, -0.1) is 0 Å². The van der Waals surface area contributed by atoms with Crippen LogP contribution in [0.5, 0.6) is 5.75 Å². The van der Waals surface area contributed by atoms with Crippen molar-refractivity contribution in [2.45, 2.75) is 25.7 Å². The van der Waals surface area contributed by atoms with E-state index in [1.54, 1.807) is 18.2 Å². The zero-order valence-corrected chi connectivity index (χ0v) is 16.6. The molecule has 0 saturated carbocycles. The number of nitrogens with one attached hydrogen (secondary N) is 1. The van der Waals surface area contributed by atoms with E-state index in [9.17, 15) is 4.79 Å². The molecule has 142 valence electrons. The quantitative estimate of drug-likeness (QED) is 0.579. The number of halogens is 1. The highest BCUT2D eigenvalue weighted by atomic mass is 35.5. The normalized spacial score (nSPS) is 12.9. The van der Waals surface area contributed by atoms with Crippen LogP contribution < -0.4 is 10.1 Å². The number of methoxy groups -OCH3 is 1. The Hall–Kier alpha value is -2.78. The van der Waals surface area contributed by atoms with E-state index in [4.69, 9.17) is 16.3 Å². The minimum Gasteiger partial charge on any atom is -0.496 e. The predicted octanol–water partition coefficient (Wildman–Crippen LogP) is 6.15. The lowest BCUT2D eigenvalue weighted by atomic mass is 9.86. The molecule has 4 rings (SSSR count). The third kappa shape index (κ3) is 3.63. The lowest BCUT2D eigenvalue weighted by molar-refractivity contribution is 0.102. The van der Waals surface area contributed by atoms with Gasteiger partial charge in [0.25, 0.3) is 5.91 Å². The minimum absolute atomic E-state index is 0.285. The summed E-state index contributed by atoms with van der Waals surface area (Å²) < 4.78 is 5.27. The summed E-state index contributed by atoms with van der Waals surface area (Å²) in [5.41, 5.74) is 6.46. The first-order valence-corrected chi connectivity index (χ1v) is 9.90. The zero-order chi connectivity index (χ0) is 19.5. The molecule has 4 heteroatoms. The van der Waals surface area contributed by atoms with E-state index in [2.05, 4.69) is 35.6 Å². The Labute approximate surface area is 170 Å². The summed E-state index contributed by atoms with van der Waals surface area (Å²) in [5, 5.41) is 3.28. The second-order valence-corrected chi connectivity index (χ2v) is 7.41. The van der Waals surface area contributed by atoms with Gasteiger partial charge in [0.05, 0.1) is 12.1 Å². The van der Waals surface area contributed by atoms with E-state index >= 15 is 0 Å². The summed E-state index contributed by atoms with van der Waals surface area (Å²) in [6, 6.07) is 19.7. The van der Waals surface area contributed by atoms with Crippen LogP contribution in [0.1, 0.15) is 34.3 Å². The highest BCUT2D eigenvalue weighted by Crippen LogP contribution is 2.32. The van der Waals surface area contributed by atoms with Gasteiger partial charge in [0.2, 0.25) is 0 Å². The third-order valence-corrected chi connectivity index (χ3v) is 5.59. The smallest absolute Gasteiger partial charge is 0.260 e. The summed E-state index contributed by atoms with van der Waals surface area (Å²) >= 11 is 6.20. The number of amides is 1. The van der Waals surface area contributed by atoms with Crippen molar-refractivity contribution < 1.29 is 9.53 Å². The molecule has 1 N–H and O–H groups in total. The van der Waals surface area contributed by atoms with Crippen molar-refractivity contribution in [2.75, 3.05) is 12.4 Å². The van der Waals surface area contributed by atoms with E-state index in [1.807, 2.05) is 12.1 Å². The fraction of sp³-hybridized carbons (Fsp3) is 0.208. The van der Waals surface area contributed by atoms with E-state index in [0.29, 0.717) is 16.3 Å². The molecule has 0 aromatic heterocycles. The molecule has 0 radical (unpaired) electrons. The number of hydrogen-bond donors (Lipinski definition) is 1. The molecule has 0 fully saturated rings. The van der Waals surface area contributed by atoms with Crippen LogP contribution in [-0.4, -0.2) is 13.0 Å². The molecule has 0 bridgehead atoms. The van der Waals surface area contributed by atoms with E-state index in [-0.39, 0.29) is 5.91 Å². The van der Waals surface area contributed by atoms with Gasteiger partial charge in [0.1, 0.15) is 11.3 Å². The Morgan fingerprint density at radius 2 is 1.71 bits per heavy atom. The van der Waals surface area contributed by atoms with Gasteiger partial charge in [-0.1, -0.05) is 48.0 Å². The predicted molar refractivity (Wildman–Crippen MR) is 114 cm³/mol. The van der Waals surface area contributed by atoms with Crippen molar-refractivity contribution in [2.24, 2.45) is 0 Å². The van der Waals surface area contributed by atoms with Crippen molar-refractivity contribution >= 4 is 23.2 Å². The monoisotopic (exact) mass is 391 g/mol. The van der Waals surface area contributed by atoms with Crippen LogP contribution in [0, 0.1) is 0 Å². The van der Waals surface area contributed by atoms with Gasteiger partial charge in [0, 0.05) is 5.69 Å². The van der Waals surface area contributed by atoms with Gasteiger partial charge in [0.15, 0.2) is 0 Å². The molecule has 1 aliphatic carbocycles. The fourth-order valence-electron chi connectivity index (χ4n) is 3.87. The van der Waals surface area contributed by atoms with E-state index in [0.717, 1.165) is 18.5 Å². The maximum absolute atomic E-state index is 12.7. The van der Waals surface area contributed by atoms with Crippen LogP contribution in [0.15, 0.2) is 60.7 Å². The number of aryl methyl sites for hydroxylation is 1. The molecule has 3 nitrogen and oxygen atoms in total. The fourth-order valence-corrected chi connectivity index (χ4v) is 4.12. The van der Waals surface area contributed by atoms with Gasteiger partial charge in [-0.25, -0.2) is 0 Å². The molecule has 0 spiro atoms. The Bertz CT molecular complexity index is 1010. The van der Waals surface area contributed by atoms with Crippen LogP contribution in [0.2, 0.25) is 5.02 Å². The summed E-state index contributed by atoms with van der Waals surface area (Å²) in [6.45, 7) is 0. The van der Waals surface area contributed by atoms with Gasteiger partial charge in [-0.3, -0.25) is 4.79 Å². The molecule has 0 aliphatic heterocycles. The van der Waals surface area contributed by atoms with Gasteiger partial charge in [-0.05, 0) is 72.2 Å².